The Balaban J connectivity index is 0.000000233. The Morgan fingerprint density at radius 3 is 1.71 bits per heavy atom. The van der Waals surface area contributed by atoms with Gasteiger partial charge in [-0.2, -0.15) is 0 Å². The summed E-state index contributed by atoms with van der Waals surface area (Å²) in [5.41, 5.74) is 1.80. The number of carbonyl (C=O) groups excluding carboxylic acids is 2. The van der Waals surface area contributed by atoms with E-state index in [2.05, 4.69) is 23.0 Å². The summed E-state index contributed by atoms with van der Waals surface area (Å²) >= 11 is 0. The molecule has 0 amide bonds. The van der Waals surface area contributed by atoms with Gasteiger partial charge in [-0.15, -0.1) is 0 Å². The van der Waals surface area contributed by atoms with Crippen molar-refractivity contribution in [1.29, 1.82) is 0 Å². The van der Waals surface area contributed by atoms with Gasteiger partial charge in [0, 0.05) is 18.4 Å². The maximum Gasteiger partial charge on any atom is 2.00 e. The first-order chi connectivity index (χ1) is 14.5. The molecule has 4 rings (SSSR count). The quantitative estimate of drug-likeness (QED) is 0.546. The topological polar surface area (TPSA) is 96.4 Å². The zero-order chi connectivity index (χ0) is 21.8. The molecular weight excluding hydrogens is 444 g/mol. The van der Waals surface area contributed by atoms with Crippen molar-refractivity contribution < 1.29 is 36.9 Å². The van der Waals surface area contributed by atoms with Crippen molar-refractivity contribution in [3.8, 4) is 0 Å². The minimum absolute atomic E-state index is 0. The number of benzene rings is 2. The van der Waals surface area contributed by atoms with Crippen LogP contribution in [0.4, 0.5) is 0 Å². The molecule has 0 saturated carbocycles. The van der Waals surface area contributed by atoms with Gasteiger partial charge in [-0.1, -0.05) is 66.7 Å². The van der Waals surface area contributed by atoms with E-state index in [4.69, 9.17) is 0 Å². The molecule has 1 atom stereocenters. The molecule has 0 bridgehead atoms. The number of aromatic nitrogens is 1. The first kappa shape index (κ1) is 26.0. The van der Waals surface area contributed by atoms with Crippen molar-refractivity contribution >= 4 is 11.9 Å². The molecule has 6 nitrogen and oxygen atoms in total. The Morgan fingerprint density at radius 1 is 0.871 bits per heavy atom. The first-order valence-corrected chi connectivity index (χ1v) is 9.62. The largest absolute Gasteiger partial charge is 2.00 e. The van der Waals surface area contributed by atoms with Crippen LogP contribution in [0.15, 0.2) is 85.2 Å². The zero-order valence-electron chi connectivity index (χ0n) is 17.1. The molecular formula is C24H24CuN2O4. The second-order valence-electron chi connectivity index (χ2n) is 6.73. The number of carboxylic acid groups (broad SMARTS) is 2. The van der Waals surface area contributed by atoms with Gasteiger partial charge in [0.2, 0.25) is 0 Å². The van der Waals surface area contributed by atoms with E-state index in [0.717, 1.165) is 0 Å². The van der Waals surface area contributed by atoms with Crippen LogP contribution >= 0.6 is 0 Å². The zero-order valence-corrected chi connectivity index (χ0v) is 18.1. The van der Waals surface area contributed by atoms with E-state index in [-0.39, 0.29) is 28.2 Å². The van der Waals surface area contributed by atoms with Crippen molar-refractivity contribution in [3.63, 3.8) is 0 Å². The van der Waals surface area contributed by atoms with Crippen LogP contribution in [0.5, 0.6) is 0 Å². The van der Waals surface area contributed by atoms with Gasteiger partial charge in [-0.3, -0.25) is 9.88 Å². The van der Waals surface area contributed by atoms with Gasteiger partial charge in [-0.05, 0) is 49.2 Å². The number of likely N-dealkylation sites (tertiary alicyclic amines) is 1. The van der Waals surface area contributed by atoms with Crippen LogP contribution in [0.3, 0.4) is 0 Å². The molecule has 2 heterocycles. The number of nitrogens with zero attached hydrogens (tertiary/aromatic N) is 2. The third-order valence-corrected chi connectivity index (χ3v) is 4.61. The fraction of sp³-hybridized carbons (Fsp3) is 0.208. The number of carboxylic acids is 2. The number of hydrogen-bond donors (Lipinski definition) is 0. The van der Waals surface area contributed by atoms with Gasteiger partial charge in [0.15, 0.2) is 0 Å². The van der Waals surface area contributed by atoms with E-state index < -0.39 is 11.9 Å². The molecule has 7 heteroatoms. The van der Waals surface area contributed by atoms with Crippen LogP contribution in [0.2, 0.25) is 0 Å². The van der Waals surface area contributed by atoms with Crippen LogP contribution in [0, 0.1) is 0 Å². The Labute approximate surface area is 193 Å². The maximum absolute atomic E-state index is 10.1. The van der Waals surface area contributed by atoms with E-state index in [1.54, 1.807) is 36.4 Å². The molecule has 31 heavy (non-hydrogen) atoms. The third kappa shape index (κ3) is 9.13. The Bertz CT molecular complexity index is 859. The predicted molar refractivity (Wildman–Crippen MR) is 110 cm³/mol. The van der Waals surface area contributed by atoms with Gasteiger partial charge >= 0.3 is 17.1 Å². The second-order valence-corrected chi connectivity index (χ2v) is 6.73. The molecule has 1 saturated heterocycles. The van der Waals surface area contributed by atoms with Gasteiger partial charge in [0.05, 0.1) is 11.9 Å². The van der Waals surface area contributed by atoms with Gasteiger partial charge in [0.1, 0.15) is 0 Å². The Kier molecular flexibility index (Phi) is 11.8. The average Bonchev–Trinajstić information content (AvgIpc) is 3.22. The van der Waals surface area contributed by atoms with Crippen LogP contribution in [0.1, 0.15) is 45.2 Å². The summed E-state index contributed by atoms with van der Waals surface area (Å²) in [6.45, 7) is 1.22. The summed E-state index contributed by atoms with van der Waals surface area (Å²) in [6.07, 6.45) is 6.41. The smallest absolute Gasteiger partial charge is 0.545 e. The van der Waals surface area contributed by atoms with E-state index in [0.29, 0.717) is 6.04 Å². The van der Waals surface area contributed by atoms with Gasteiger partial charge in [-0.25, -0.2) is 0 Å². The van der Waals surface area contributed by atoms with Crippen molar-refractivity contribution in [3.05, 3.63) is 102 Å². The molecule has 0 aliphatic carbocycles. The summed E-state index contributed by atoms with van der Waals surface area (Å²) in [4.78, 5) is 26.7. The fourth-order valence-electron chi connectivity index (χ4n) is 3.05. The molecule has 165 valence electrons. The molecule has 2 aromatic carbocycles. The third-order valence-electron chi connectivity index (χ3n) is 4.61. The van der Waals surface area contributed by atoms with E-state index in [1.165, 1.54) is 49.2 Å². The normalized spacial score (nSPS) is 14.7. The van der Waals surface area contributed by atoms with Crippen molar-refractivity contribution in [2.75, 3.05) is 13.6 Å². The molecule has 3 aromatic rings. The van der Waals surface area contributed by atoms with E-state index in [9.17, 15) is 19.8 Å². The SMILES string of the molecule is CN1CCCC1c1cccnc1.O=C([O-])c1ccccc1.O=C([O-])c1ccccc1.[Cu+2]. The van der Waals surface area contributed by atoms with E-state index in [1.807, 2.05) is 18.5 Å². The second kappa shape index (κ2) is 14.1. The summed E-state index contributed by atoms with van der Waals surface area (Å²) in [5.74, 6) is -2.26. The molecule has 0 N–H and O–H groups in total. The molecule has 1 radical (unpaired) electrons. The maximum atomic E-state index is 10.1. The number of pyridine rings is 1. The number of aromatic carboxylic acids is 2. The summed E-state index contributed by atoms with van der Waals surface area (Å²) in [5, 5.41) is 20.2. The minimum atomic E-state index is -1.13. The van der Waals surface area contributed by atoms with Crippen LogP contribution < -0.4 is 10.2 Å². The molecule has 1 aliphatic rings. The molecule has 1 unspecified atom stereocenters. The number of rotatable bonds is 3. The minimum Gasteiger partial charge on any atom is -0.545 e. The van der Waals surface area contributed by atoms with Crippen molar-refractivity contribution in [2.45, 2.75) is 18.9 Å². The summed E-state index contributed by atoms with van der Waals surface area (Å²) < 4.78 is 0. The van der Waals surface area contributed by atoms with Crippen LogP contribution in [-0.4, -0.2) is 35.4 Å². The number of hydrogen-bond acceptors (Lipinski definition) is 6. The summed E-state index contributed by atoms with van der Waals surface area (Å²) in [7, 11) is 2.19. The molecule has 1 fully saturated rings. The fourth-order valence-corrected chi connectivity index (χ4v) is 3.05. The predicted octanol–water partition coefficient (Wildman–Crippen LogP) is 1.95. The summed E-state index contributed by atoms with van der Waals surface area (Å²) in [6, 6.07) is 20.9. The molecule has 1 aromatic heterocycles. The van der Waals surface area contributed by atoms with Gasteiger partial charge in [0.25, 0.3) is 0 Å². The van der Waals surface area contributed by atoms with Crippen LogP contribution in [-0.2, 0) is 17.1 Å². The standard InChI is InChI=1S/C10H14N2.2C7H6O2.Cu/c1-12-7-3-5-10(12)9-4-2-6-11-8-9;2*8-7(9)6-4-2-1-3-5-6;/h2,4,6,8,10H,3,5,7H2,1H3;2*1-5H,(H,8,9);/q;;;+2/p-2. The molecule has 1 aliphatic heterocycles. The number of carbonyl (C=O) groups is 2. The average molecular weight is 468 g/mol. The monoisotopic (exact) mass is 467 g/mol. The Morgan fingerprint density at radius 2 is 1.39 bits per heavy atom. The molecule has 0 spiro atoms. The first-order valence-electron chi connectivity index (χ1n) is 9.62. The van der Waals surface area contributed by atoms with E-state index >= 15 is 0 Å². The van der Waals surface area contributed by atoms with Crippen LogP contribution in [0.25, 0.3) is 0 Å². The van der Waals surface area contributed by atoms with Gasteiger partial charge < -0.3 is 19.8 Å². The Hall–Kier alpha value is -2.99. The van der Waals surface area contributed by atoms with Crippen molar-refractivity contribution in [2.24, 2.45) is 0 Å². The van der Waals surface area contributed by atoms with Crippen molar-refractivity contribution in [1.82, 2.24) is 9.88 Å².